The number of fused-ring (bicyclic) bond motifs is 1. The average Bonchev–Trinajstić information content (AvgIpc) is 1.44. The molecule has 0 aromatic heterocycles. The molecule has 3 aromatic rings. The van der Waals surface area contributed by atoms with Gasteiger partial charge in [0.2, 0.25) is 5.91 Å². The molecule has 0 radical (unpaired) electrons. The van der Waals surface area contributed by atoms with E-state index in [0.29, 0.717) is 56.9 Å². The summed E-state index contributed by atoms with van der Waals surface area (Å²) in [6, 6.07) is 10.2. The summed E-state index contributed by atoms with van der Waals surface area (Å²) < 4.78 is 41.8. The van der Waals surface area contributed by atoms with Gasteiger partial charge in [0, 0.05) is 11.1 Å². The molecule has 8 atom stereocenters. The van der Waals surface area contributed by atoms with E-state index in [1.807, 2.05) is 67.5 Å². The van der Waals surface area contributed by atoms with Crippen molar-refractivity contribution in [2.45, 2.75) is 195 Å². The second-order valence-corrected chi connectivity index (χ2v) is 27.0. The molecule has 20 nitrogen and oxygen atoms in total. The smallest absolute Gasteiger partial charge is 0.669 e. The Morgan fingerprint density at radius 1 is 0.709 bits per heavy atom. The SMILES string of the molecule is Cc1c(CCB2OC3CC4CC(C4(C)C)[C@]3(C)O2)ccc(/C=N/O)c1C(=O)OC(C)(C)C.Cc1c(CCB2OC3CC4CC(C4(C)C)[C@]3(C)O2)ccc(C=O)c1C(=O)OC(C)(C)C.Cl.NC(=O)c1ccc2c(c1C(=O)O)O[B-](O)(O)CC2.NO.[Na+].[Na+]. The number of carboxylic acid groups (broad SMARTS) is 1. The number of carbonyl (C=O) groups excluding carboxylic acids is 4. The first-order chi connectivity index (χ1) is 38.5. The number of primary amides is 1. The Morgan fingerprint density at radius 2 is 1.14 bits per heavy atom. The van der Waals surface area contributed by atoms with E-state index < -0.39 is 47.3 Å². The van der Waals surface area contributed by atoms with Crippen molar-refractivity contribution < 1.29 is 141 Å². The molecule has 26 heteroatoms. The van der Waals surface area contributed by atoms with Gasteiger partial charge < -0.3 is 64.0 Å². The average molecular weight is 1240 g/mol. The van der Waals surface area contributed by atoms with Gasteiger partial charge in [-0.1, -0.05) is 69.5 Å². The van der Waals surface area contributed by atoms with Gasteiger partial charge >= 0.3 is 98.0 Å². The van der Waals surface area contributed by atoms with Crippen LogP contribution in [0.25, 0.3) is 0 Å². The number of carboxylic acids is 1. The minimum absolute atomic E-state index is 0. The summed E-state index contributed by atoms with van der Waals surface area (Å²) in [5, 5.41) is 46.6. The van der Waals surface area contributed by atoms with Crippen LogP contribution in [0.5, 0.6) is 5.75 Å². The largest absolute Gasteiger partial charge is 1.00 e. The fourth-order valence-electron chi connectivity index (χ4n) is 14.2. The molecule has 1 amide bonds. The molecule has 6 unspecified atom stereocenters. The Hall–Kier alpha value is -3.36. The molecule has 3 aromatic carbocycles. The van der Waals surface area contributed by atoms with Crippen LogP contribution in [0.15, 0.2) is 41.6 Å². The van der Waals surface area contributed by atoms with Gasteiger partial charge in [0.1, 0.15) is 16.8 Å². The molecule has 460 valence electrons. The van der Waals surface area contributed by atoms with Gasteiger partial charge in [-0.25, -0.2) is 20.3 Å². The molecule has 12 rings (SSSR count). The number of aryl methyl sites for hydroxylation is 3. The molecule has 6 aliphatic carbocycles. The number of aromatic carboxylic acids is 1. The standard InChI is InChI=1S/C25H36BNO5.C25H35BO5.C10H11BNO6.ClH.H3NO.2Na/c1-15-16(8-9-17(14-27-29)21(15)22(28)30-23(2,3)4)10-11-26-31-20-13-18-12-19(24(18,5)6)25(20,7)32-26;1-15-16(8-9-17(14-27)21(15)22(28)29-23(2,3)4)10-11-26-30-20-13-18-12-19(24(18,5)6)25(20,7)31-26;12-9(13)6-2-1-5-3-4-11(16,17)18-8(5)7(6)10(14)15;;1-2;;/h8-9,14,18-20,29H,10-13H2,1-7H3;8-9,14,18-20H,10-13H2,1-7H3;1-2,16-17H,3-4H2,(H2,12,13)(H,14,15);1H;2H,1H2;;/q;;-1;;;2*+1/b27-14+;;;;;;/t2*18?,19?,20?,25-;;;;;/m00...../s1. The van der Waals surface area contributed by atoms with Crippen molar-refractivity contribution >= 4 is 69.7 Å². The first-order valence-electron chi connectivity index (χ1n) is 28.8. The summed E-state index contributed by atoms with van der Waals surface area (Å²) in [5.74, 6) is 2.65. The predicted molar refractivity (Wildman–Crippen MR) is 319 cm³/mol. The summed E-state index contributed by atoms with van der Waals surface area (Å²) in [4.78, 5) is 59.5. The monoisotopic (exact) mass is 1230 g/mol. The maximum absolute atomic E-state index is 12.9. The molecule has 0 spiro atoms. The van der Waals surface area contributed by atoms with E-state index in [9.17, 15) is 34.0 Å². The Bertz CT molecular complexity index is 3030. The Labute approximate surface area is 556 Å². The van der Waals surface area contributed by atoms with Crippen LogP contribution >= 0.6 is 12.4 Å². The molecule has 9 aliphatic rings. The van der Waals surface area contributed by atoms with Gasteiger partial charge in [0.15, 0.2) is 6.29 Å². The van der Waals surface area contributed by atoms with E-state index in [0.717, 1.165) is 72.3 Å². The zero-order valence-electron chi connectivity index (χ0n) is 53.0. The first-order valence-corrected chi connectivity index (χ1v) is 28.8. The van der Waals surface area contributed by atoms with Crippen LogP contribution in [0.3, 0.4) is 0 Å². The number of nitrogens with zero attached hydrogens (tertiary/aromatic N) is 1. The number of carbonyl (C=O) groups is 5. The van der Waals surface area contributed by atoms with E-state index in [1.54, 1.807) is 12.1 Å². The van der Waals surface area contributed by atoms with Crippen molar-refractivity contribution in [3.63, 3.8) is 0 Å². The van der Waals surface area contributed by atoms with Crippen LogP contribution in [0, 0.1) is 48.3 Å². The van der Waals surface area contributed by atoms with Crippen LogP contribution in [0.2, 0.25) is 19.0 Å². The minimum atomic E-state index is -3.09. The summed E-state index contributed by atoms with van der Waals surface area (Å²) in [7, 11) is -0.469. The number of hydrogen-bond donors (Lipinski definition) is 7. The van der Waals surface area contributed by atoms with E-state index in [-0.39, 0.29) is 133 Å². The van der Waals surface area contributed by atoms with Gasteiger partial charge in [0.25, 0.3) is 0 Å². The molecule has 86 heavy (non-hydrogen) atoms. The van der Waals surface area contributed by atoms with Gasteiger partial charge in [-0.15, -0.1) is 12.4 Å². The number of ether oxygens (including phenoxy) is 2. The fourth-order valence-corrected chi connectivity index (χ4v) is 14.2. The number of esters is 2. The van der Waals surface area contributed by atoms with Gasteiger partial charge in [-0.05, 0) is 195 Å². The van der Waals surface area contributed by atoms with Gasteiger partial charge in [-0.3, -0.25) is 9.59 Å². The van der Waals surface area contributed by atoms with E-state index in [4.69, 9.17) is 54.0 Å². The number of amides is 1. The molecule has 8 fully saturated rings. The van der Waals surface area contributed by atoms with Crippen LogP contribution in [-0.2, 0) is 47.4 Å². The second kappa shape index (κ2) is 28.4. The van der Waals surface area contributed by atoms with Gasteiger partial charge in [-0.2, -0.15) is 0 Å². The summed E-state index contributed by atoms with van der Waals surface area (Å²) >= 11 is 0. The van der Waals surface area contributed by atoms with Crippen LogP contribution < -0.4 is 75.4 Å². The zero-order chi connectivity index (χ0) is 61.7. The number of benzene rings is 3. The minimum Gasteiger partial charge on any atom is -0.669 e. The van der Waals surface area contributed by atoms with E-state index in [2.05, 4.69) is 52.6 Å². The maximum atomic E-state index is 12.9. The van der Waals surface area contributed by atoms with Crippen molar-refractivity contribution in [1.82, 2.24) is 0 Å². The third-order valence-electron chi connectivity index (χ3n) is 18.9. The molecule has 3 aliphatic heterocycles. The molecule has 4 bridgehead atoms. The summed E-state index contributed by atoms with van der Waals surface area (Å²) in [6.45, 7) is 25.6. The van der Waals surface area contributed by atoms with Gasteiger partial charge in [0.05, 0.1) is 52.1 Å². The molecule has 3 heterocycles. The van der Waals surface area contributed by atoms with Crippen molar-refractivity contribution in [3.05, 3.63) is 97.6 Å². The second-order valence-electron chi connectivity index (χ2n) is 27.0. The molecular weight excluding hydrogens is 1150 g/mol. The number of oxime groups is 1. The van der Waals surface area contributed by atoms with Crippen molar-refractivity contribution in [2.24, 2.45) is 51.3 Å². The maximum Gasteiger partial charge on any atom is 1.00 e. The predicted octanol–water partition coefficient (Wildman–Crippen LogP) is 3.17. The molecule has 6 saturated carbocycles. The quantitative estimate of drug-likeness (QED) is 0.0342. The van der Waals surface area contributed by atoms with Crippen LogP contribution in [-0.4, -0.2) is 117 Å². The first kappa shape index (κ1) is 75.1. The molecule has 9 N–H and O–H groups in total. The molecular formula is C60H86B3ClN3Na2O17+. The number of rotatable bonds is 12. The molecule has 2 saturated heterocycles. The van der Waals surface area contributed by atoms with Crippen molar-refractivity contribution in [1.29, 1.82) is 0 Å². The third kappa shape index (κ3) is 15.5. The third-order valence-corrected chi connectivity index (χ3v) is 18.9. The normalized spacial score (nSPS) is 26.2. The van der Waals surface area contributed by atoms with Crippen molar-refractivity contribution in [3.8, 4) is 5.75 Å². The van der Waals surface area contributed by atoms with Crippen LogP contribution in [0.1, 0.15) is 194 Å². The topological polar surface area (TPSA) is 316 Å². The fraction of sp³-hybridized carbons (Fsp3) is 0.600. The summed E-state index contributed by atoms with van der Waals surface area (Å²) in [5.41, 5.74) is 9.30. The summed E-state index contributed by atoms with van der Waals surface area (Å²) in [6.07, 6.45) is 10.1. The van der Waals surface area contributed by atoms with E-state index >= 15 is 0 Å². The van der Waals surface area contributed by atoms with E-state index in [1.165, 1.54) is 31.2 Å². The van der Waals surface area contributed by atoms with Crippen LogP contribution in [0.4, 0.5) is 0 Å². The number of hydrogen-bond acceptors (Lipinski definition) is 18. The number of nitrogens with two attached hydrogens (primary N) is 2. The number of aldehydes is 1. The Balaban J connectivity index is 0.000000277. The Morgan fingerprint density at radius 3 is 1.52 bits per heavy atom. The van der Waals surface area contributed by atoms with Crippen molar-refractivity contribution in [2.75, 3.05) is 0 Å². The Kier molecular flexibility index (Phi) is 24.8. The number of halogens is 1. The zero-order valence-corrected chi connectivity index (χ0v) is 57.8.